The monoisotopic (exact) mass is 428 g/mol. The van der Waals surface area contributed by atoms with Crippen LogP contribution in [0.3, 0.4) is 0 Å². The molecule has 1 atom stereocenters. The van der Waals surface area contributed by atoms with Crippen LogP contribution in [0.2, 0.25) is 0 Å². The second-order valence-electron chi connectivity index (χ2n) is 8.01. The van der Waals surface area contributed by atoms with Gasteiger partial charge in [0.1, 0.15) is 5.75 Å². The second-order valence-corrected chi connectivity index (χ2v) is 8.01. The number of hydrogen-bond acceptors (Lipinski definition) is 4. The van der Waals surface area contributed by atoms with Crippen LogP contribution in [0.5, 0.6) is 5.75 Å². The minimum atomic E-state index is -0.138. The minimum absolute atomic E-state index is 0.0499. The summed E-state index contributed by atoms with van der Waals surface area (Å²) >= 11 is 0. The predicted molar refractivity (Wildman–Crippen MR) is 125 cm³/mol. The van der Waals surface area contributed by atoms with Gasteiger partial charge in [-0.25, -0.2) is 0 Å². The molecule has 0 aliphatic carbocycles. The molecule has 1 fully saturated rings. The largest absolute Gasteiger partial charge is 0.497 e. The summed E-state index contributed by atoms with van der Waals surface area (Å²) in [6.45, 7) is 2.58. The average molecular weight is 429 g/mol. The van der Waals surface area contributed by atoms with Crippen molar-refractivity contribution in [1.29, 1.82) is 0 Å². The molecule has 1 N–H and O–H groups in total. The first kappa shape index (κ1) is 21.8. The first-order valence-corrected chi connectivity index (χ1v) is 11.0. The van der Waals surface area contributed by atoms with Crippen molar-refractivity contribution >= 4 is 11.7 Å². The Hall–Kier alpha value is -3.44. The molecule has 0 unspecified atom stereocenters. The van der Waals surface area contributed by atoms with E-state index in [9.17, 15) is 9.59 Å². The van der Waals surface area contributed by atoms with Gasteiger partial charge in [-0.2, -0.15) is 0 Å². The number of carbonyl (C=O) groups excluding carboxylic acids is 2. The maximum absolute atomic E-state index is 12.8. The molecule has 3 aromatic rings. The summed E-state index contributed by atoms with van der Waals surface area (Å²) in [6, 6.07) is 24.2. The van der Waals surface area contributed by atoms with E-state index < -0.39 is 0 Å². The summed E-state index contributed by atoms with van der Waals surface area (Å²) in [5.41, 5.74) is 2.92. The Labute approximate surface area is 189 Å². The smallest absolute Gasteiger partial charge is 0.251 e. The average Bonchev–Trinajstić information content (AvgIpc) is 3.39. The minimum Gasteiger partial charge on any atom is -0.497 e. The molecule has 164 valence electrons. The summed E-state index contributed by atoms with van der Waals surface area (Å²) in [5, 5.41) is 3.09. The fourth-order valence-corrected chi connectivity index (χ4v) is 4.16. The highest BCUT2D eigenvalue weighted by Gasteiger charge is 2.24. The predicted octanol–water partition coefficient (Wildman–Crippen LogP) is 4.49. The molecule has 0 aromatic heterocycles. The van der Waals surface area contributed by atoms with Gasteiger partial charge in [-0.3, -0.25) is 14.5 Å². The van der Waals surface area contributed by atoms with E-state index in [0.717, 1.165) is 24.4 Å². The molecule has 0 saturated carbocycles. The van der Waals surface area contributed by atoms with Crippen molar-refractivity contribution in [2.45, 2.75) is 18.9 Å². The van der Waals surface area contributed by atoms with Gasteiger partial charge in [-0.05, 0) is 55.8 Å². The Morgan fingerprint density at radius 3 is 2.06 bits per heavy atom. The quantitative estimate of drug-likeness (QED) is 0.537. The van der Waals surface area contributed by atoms with Gasteiger partial charge in [0.2, 0.25) is 0 Å². The zero-order chi connectivity index (χ0) is 22.3. The summed E-state index contributed by atoms with van der Waals surface area (Å²) in [5.74, 6) is 0.635. The van der Waals surface area contributed by atoms with Crippen molar-refractivity contribution in [2.24, 2.45) is 0 Å². The van der Waals surface area contributed by atoms with Crippen molar-refractivity contribution in [1.82, 2.24) is 10.2 Å². The van der Waals surface area contributed by atoms with Gasteiger partial charge >= 0.3 is 0 Å². The van der Waals surface area contributed by atoms with Gasteiger partial charge < -0.3 is 10.1 Å². The van der Waals surface area contributed by atoms with Crippen LogP contribution < -0.4 is 10.1 Å². The fourth-order valence-electron chi connectivity index (χ4n) is 4.16. The molecule has 1 heterocycles. The molecule has 5 nitrogen and oxygen atoms in total. The summed E-state index contributed by atoms with van der Waals surface area (Å²) in [7, 11) is 1.66. The topological polar surface area (TPSA) is 58.6 Å². The van der Waals surface area contributed by atoms with Gasteiger partial charge in [-0.1, -0.05) is 54.6 Å². The molecule has 0 spiro atoms. The lowest BCUT2D eigenvalue weighted by molar-refractivity contribution is 0.0936. The number of nitrogens with one attached hydrogen (secondary N) is 1. The summed E-state index contributed by atoms with van der Waals surface area (Å²) < 4.78 is 5.28. The second kappa shape index (κ2) is 10.2. The van der Waals surface area contributed by atoms with Gasteiger partial charge in [0.15, 0.2) is 5.78 Å². The number of likely N-dealkylation sites (tertiary alicyclic amines) is 1. The van der Waals surface area contributed by atoms with E-state index in [1.807, 2.05) is 30.3 Å². The number of nitrogens with zero attached hydrogens (tertiary/aromatic N) is 1. The maximum atomic E-state index is 12.8. The highest BCUT2D eigenvalue weighted by Crippen LogP contribution is 2.26. The molecule has 5 heteroatoms. The SMILES string of the molecule is COc1ccc([C@H](CNC(=O)c2ccc(C(=O)c3ccccc3)cc2)N2CCCC2)cc1. The number of methoxy groups -OCH3 is 1. The van der Waals surface area contributed by atoms with E-state index >= 15 is 0 Å². The van der Waals surface area contributed by atoms with Crippen LogP contribution in [-0.4, -0.2) is 43.3 Å². The lowest BCUT2D eigenvalue weighted by atomic mass is 10.0. The lowest BCUT2D eigenvalue weighted by Gasteiger charge is -2.28. The number of ketones is 1. The molecule has 1 saturated heterocycles. The van der Waals surface area contributed by atoms with Gasteiger partial charge in [0.05, 0.1) is 13.2 Å². The first-order chi connectivity index (χ1) is 15.7. The normalized spacial score (nSPS) is 14.7. The Balaban J connectivity index is 1.43. The first-order valence-electron chi connectivity index (χ1n) is 11.0. The van der Waals surface area contributed by atoms with Crippen LogP contribution in [-0.2, 0) is 0 Å². The molecule has 1 amide bonds. The third kappa shape index (κ3) is 5.06. The van der Waals surface area contributed by atoms with Crippen LogP contribution in [0.4, 0.5) is 0 Å². The molecule has 0 radical (unpaired) electrons. The van der Waals surface area contributed by atoms with E-state index in [2.05, 4.69) is 22.3 Å². The molecule has 32 heavy (non-hydrogen) atoms. The van der Waals surface area contributed by atoms with E-state index in [0.29, 0.717) is 23.2 Å². The summed E-state index contributed by atoms with van der Waals surface area (Å²) in [6.07, 6.45) is 2.36. The Morgan fingerprint density at radius 1 is 0.844 bits per heavy atom. The number of benzene rings is 3. The Kier molecular flexibility index (Phi) is 6.97. The number of carbonyl (C=O) groups is 2. The standard InChI is InChI=1S/C27H28N2O3/c1-32-24-15-13-20(14-16-24)25(29-17-5-6-18-29)19-28-27(31)23-11-9-22(10-12-23)26(30)21-7-3-2-4-8-21/h2-4,7-16,25H,5-6,17-19H2,1H3,(H,28,31)/t25-/m0/s1. The fraction of sp³-hybridized carbons (Fsp3) is 0.259. The van der Waals surface area contributed by atoms with Crippen LogP contribution in [0, 0.1) is 0 Å². The highest BCUT2D eigenvalue weighted by molar-refractivity contribution is 6.09. The van der Waals surface area contributed by atoms with Gasteiger partial charge in [0.25, 0.3) is 5.91 Å². The molecular weight excluding hydrogens is 400 g/mol. The van der Waals surface area contributed by atoms with Crippen molar-refractivity contribution < 1.29 is 14.3 Å². The third-order valence-electron chi connectivity index (χ3n) is 5.98. The highest BCUT2D eigenvalue weighted by atomic mass is 16.5. The number of ether oxygens (including phenoxy) is 1. The third-order valence-corrected chi connectivity index (χ3v) is 5.98. The van der Waals surface area contributed by atoms with Crippen molar-refractivity contribution in [2.75, 3.05) is 26.7 Å². The van der Waals surface area contributed by atoms with Crippen molar-refractivity contribution in [3.8, 4) is 5.75 Å². The number of hydrogen-bond donors (Lipinski definition) is 1. The van der Waals surface area contributed by atoms with Crippen molar-refractivity contribution in [3.63, 3.8) is 0 Å². The van der Waals surface area contributed by atoms with E-state index in [4.69, 9.17) is 4.74 Å². The van der Waals surface area contributed by atoms with Crippen molar-refractivity contribution in [3.05, 3.63) is 101 Å². The van der Waals surface area contributed by atoms with Crippen LogP contribution in [0.1, 0.15) is 50.7 Å². The maximum Gasteiger partial charge on any atom is 0.251 e. The summed E-state index contributed by atoms with van der Waals surface area (Å²) in [4.78, 5) is 27.8. The van der Waals surface area contributed by atoms with Gasteiger partial charge in [-0.15, -0.1) is 0 Å². The zero-order valence-corrected chi connectivity index (χ0v) is 18.3. The molecule has 3 aromatic carbocycles. The Bertz CT molecular complexity index is 1040. The number of rotatable bonds is 8. The van der Waals surface area contributed by atoms with E-state index in [-0.39, 0.29) is 17.7 Å². The molecular formula is C27H28N2O3. The molecule has 4 rings (SSSR count). The molecule has 1 aliphatic heterocycles. The zero-order valence-electron chi connectivity index (χ0n) is 18.3. The Morgan fingerprint density at radius 2 is 1.44 bits per heavy atom. The molecule has 0 bridgehead atoms. The van der Waals surface area contributed by atoms with Gasteiger partial charge in [0, 0.05) is 23.2 Å². The lowest BCUT2D eigenvalue weighted by Crippen LogP contribution is -2.36. The van der Waals surface area contributed by atoms with Crippen LogP contribution >= 0.6 is 0 Å². The van der Waals surface area contributed by atoms with Crippen LogP contribution in [0.25, 0.3) is 0 Å². The number of amides is 1. The van der Waals surface area contributed by atoms with E-state index in [1.54, 1.807) is 43.5 Å². The molecule has 1 aliphatic rings. The van der Waals surface area contributed by atoms with Crippen LogP contribution in [0.15, 0.2) is 78.9 Å². The van der Waals surface area contributed by atoms with E-state index in [1.165, 1.54) is 12.8 Å².